The van der Waals surface area contributed by atoms with Gasteiger partial charge >= 0.3 is 8.69 Å². The van der Waals surface area contributed by atoms with Crippen molar-refractivity contribution >= 4 is 25.8 Å². The Bertz CT molecular complexity index is 272. The van der Waals surface area contributed by atoms with Gasteiger partial charge in [0.25, 0.3) is 0 Å². The van der Waals surface area contributed by atoms with Gasteiger partial charge in [-0.3, -0.25) is 4.79 Å². The summed E-state index contributed by atoms with van der Waals surface area (Å²) in [6, 6.07) is 3.61. The van der Waals surface area contributed by atoms with Gasteiger partial charge in [-0.05, 0) is 22.1 Å². The van der Waals surface area contributed by atoms with Crippen LogP contribution in [-0.2, 0) is 13.9 Å². The number of carbonyl (C=O) groups is 1. The molecule has 13 heavy (non-hydrogen) atoms. The quantitative estimate of drug-likeness (QED) is 0.682. The van der Waals surface area contributed by atoms with Gasteiger partial charge in [-0.2, -0.15) is 0 Å². The van der Waals surface area contributed by atoms with Crippen LogP contribution in [0.1, 0.15) is 0 Å². The van der Waals surface area contributed by atoms with Gasteiger partial charge in [0, 0.05) is 0 Å². The Kier molecular flexibility index (Phi) is 4.60. The summed E-state index contributed by atoms with van der Waals surface area (Å²) >= 11 is 1.41. The van der Waals surface area contributed by atoms with Gasteiger partial charge < -0.3 is 4.74 Å². The predicted molar refractivity (Wildman–Crippen MR) is 49.8 cm³/mol. The average Bonchev–Trinajstić information content (AvgIpc) is 2.64. The van der Waals surface area contributed by atoms with Crippen molar-refractivity contribution in [3.8, 4) is 5.06 Å². The maximum Gasteiger partial charge on any atom is 0.494 e. The van der Waals surface area contributed by atoms with E-state index in [4.69, 9.17) is 4.74 Å². The third-order valence-corrected chi connectivity index (χ3v) is 2.20. The zero-order valence-corrected chi connectivity index (χ0v) is 8.50. The van der Waals surface area contributed by atoms with Crippen molar-refractivity contribution < 1.29 is 18.6 Å². The van der Waals surface area contributed by atoms with E-state index in [0.29, 0.717) is 5.06 Å². The third-order valence-electron chi connectivity index (χ3n) is 1.16. The molecule has 0 saturated heterocycles. The SMILES string of the molecule is O=[PH+]OCC(=O)COc1cccs1. The van der Waals surface area contributed by atoms with Crippen LogP contribution in [0, 0.1) is 0 Å². The summed E-state index contributed by atoms with van der Waals surface area (Å²) in [4.78, 5) is 10.9. The molecule has 0 aliphatic carbocycles. The molecule has 0 bridgehead atoms. The number of ketones is 1. The van der Waals surface area contributed by atoms with Crippen LogP contribution in [0.15, 0.2) is 17.5 Å². The van der Waals surface area contributed by atoms with Gasteiger partial charge in [-0.25, -0.2) is 0 Å². The van der Waals surface area contributed by atoms with Crippen molar-refractivity contribution in [2.45, 2.75) is 0 Å². The minimum absolute atomic E-state index is 0.0367. The molecule has 0 aliphatic heterocycles. The first-order chi connectivity index (χ1) is 6.33. The maximum atomic E-state index is 10.9. The van der Waals surface area contributed by atoms with Gasteiger partial charge in [-0.15, -0.1) is 15.9 Å². The van der Waals surface area contributed by atoms with Crippen LogP contribution in [0.2, 0.25) is 0 Å². The molecule has 0 aromatic carbocycles. The smallest absolute Gasteiger partial charge is 0.476 e. The molecule has 1 unspecified atom stereocenters. The van der Waals surface area contributed by atoms with Crippen molar-refractivity contribution in [1.29, 1.82) is 0 Å². The number of hydrogen-bond donors (Lipinski definition) is 0. The fraction of sp³-hybridized carbons (Fsp3) is 0.286. The Labute approximate surface area is 80.8 Å². The van der Waals surface area contributed by atoms with E-state index < -0.39 is 8.69 Å². The summed E-state index contributed by atoms with van der Waals surface area (Å²) < 4.78 is 19.4. The summed E-state index contributed by atoms with van der Waals surface area (Å²) in [6.07, 6.45) is 0. The number of Topliss-reactive ketones (excluding diaryl/α,β-unsaturated/α-hetero) is 1. The van der Waals surface area contributed by atoms with Crippen molar-refractivity contribution in [3.05, 3.63) is 17.5 Å². The molecule has 70 valence electrons. The average molecular weight is 219 g/mol. The molecule has 0 amide bonds. The molecule has 4 nitrogen and oxygen atoms in total. The van der Waals surface area contributed by atoms with Crippen molar-refractivity contribution in [2.75, 3.05) is 13.2 Å². The van der Waals surface area contributed by atoms with Crippen LogP contribution in [0.4, 0.5) is 0 Å². The van der Waals surface area contributed by atoms with E-state index in [1.807, 2.05) is 11.4 Å². The number of thiophene rings is 1. The van der Waals surface area contributed by atoms with Gasteiger partial charge in [0.1, 0.15) is 0 Å². The molecule has 0 saturated carbocycles. The lowest BCUT2D eigenvalue weighted by Gasteiger charge is -1.98. The summed E-state index contributed by atoms with van der Waals surface area (Å²) in [5.41, 5.74) is 0. The first-order valence-corrected chi connectivity index (χ1v) is 5.19. The molecule has 0 N–H and O–H groups in total. The van der Waals surface area contributed by atoms with E-state index in [0.717, 1.165) is 0 Å². The Morgan fingerprint density at radius 1 is 1.54 bits per heavy atom. The zero-order valence-electron chi connectivity index (χ0n) is 6.69. The highest BCUT2D eigenvalue weighted by Crippen LogP contribution is 2.17. The molecule has 1 heterocycles. The number of ether oxygens (including phenoxy) is 1. The lowest BCUT2D eigenvalue weighted by atomic mass is 10.4. The maximum absolute atomic E-state index is 10.9. The molecule has 0 spiro atoms. The number of hydrogen-bond acceptors (Lipinski definition) is 5. The Balaban J connectivity index is 2.19. The molecule has 6 heteroatoms. The molecule has 0 radical (unpaired) electrons. The molecule has 1 aromatic heterocycles. The molecule has 1 rings (SSSR count). The fourth-order valence-electron chi connectivity index (χ4n) is 0.649. The Morgan fingerprint density at radius 3 is 3.00 bits per heavy atom. The number of rotatable bonds is 6. The summed E-state index contributed by atoms with van der Waals surface area (Å²) in [5, 5.41) is 2.55. The van der Waals surface area contributed by atoms with Crippen molar-refractivity contribution in [1.82, 2.24) is 0 Å². The van der Waals surface area contributed by atoms with Crippen LogP contribution < -0.4 is 4.74 Å². The van der Waals surface area contributed by atoms with Gasteiger partial charge in [0.15, 0.2) is 18.3 Å². The monoisotopic (exact) mass is 219 g/mol. The first-order valence-electron chi connectivity index (χ1n) is 3.50. The first kappa shape index (κ1) is 10.3. The largest absolute Gasteiger partial charge is 0.494 e. The Morgan fingerprint density at radius 2 is 2.38 bits per heavy atom. The van der Waals surface area contributed by atoms with Gasteiger partial charge in [0.05, 0.1) is 0 Å². The highest BCUT2D eigenvalue weighted by atomic mass is 32.1. The number of carbonyl (C=O) groups excluding carboxylic acids is 1. The van der Waals surface area contributed by atoms with E-state index in [-0.39, 0.29) is 19.0 Å². The van der Waals surface area contributed by atoms with E-state index in [1.165, 1.54) is 11.3 Å². The Hall–Kier alpha value is -0.770. The third kappa shape index (κ3) is 4.12. The predicted octanol–water partition coefficient (Wildman–Crippen LogP) is 1.65. The van der Waals surface area contributed by atoms with E-state index in [1.54, 1.807) is 6.07 Å². The summed E-state index contributed by atoms with van der Waals surface area (Å²) in [5.74, 6) is -0.225. The fourth-order valence-corrected chi connectivity index (χ4v) is 1.44. The molecule has 1 aromatic rings. The minimum atomic E-state index is -0.896. The topological polar surface area (TPSA) is 52.6 Å². The van der Waals surface area contributed by atoms with Crippen LogP contribution in [0.3, 0.4) is 0 Å². The lowest BCUT2D eigenvalue weighted by molar-refractivity contribution is -0.122. The van der Waals surface area contributed by atoms with Crippen molar-refractivity contribution in [2.24, 2.45) is 0 Å². The molecular weight excluding hydrogens is 211 g/mol. The highest BCUT2D eigenvalue weighted by molar-refractivity contribution is 7.17. The summed E-state index contributed by atoms with van der Waals surface area (Å²) in [7, 11) is -0.896. The van der Waals surface area contributed by atoms with Crippen LogP contribution in [0.5, 0.6) is 5.06 Å². The summed E-state index contributed by atoms with van der Waals surface area (Å²) in [6.45, 7) is -0.196. The van der Waals surface area contributed by atoms with E-state index in [2.05, 4.69) is 4.52 Å². The molecular formula is C7H8O4PS+. The second-order valence-corrected chi connectivity index (χ2v) is 3.50. The van der Waals surface area contributed by atoms with Crippen LogP contribution in [-0.4, -0.2) is 19.0 Å². The normalized spacial score (nSPS) is 10.2. The van der Waals surface area contributed by atoms with Gasteiger partial charge in [0.2, 0.25) is 5.78 Å². The van der Waals surface area contributed by atoms with Gasteiger partial charge in [-0.1, -0.05) is 0 Å². The van der Waals surface area contributed by atoms with Crippen LogP contribution in [0.25, 0.3) is 0 Å². The lowest BCUT2D eigenvalue weighted by Crippen LogP contribution is -2.14. The second-order valence-electron chi connectivity index (χ2n) is 2.13. The van der Waals surface area contributed by atoms with E-state index >= 15 is 0 Å². The molecule has 1 atom stereocenters. The standard InChI is InChI=1S/C7H8O4PS/c8-6(5-11-12-9)4-10-7-2-1-3-13-7/h1-3,12H,4-5H2/q+1. The van der Waals surface area contributed by atoms with Crippen LogP contribution >= 0.6 is 20.0 Å². The van der Waals surface area contributed by atoms with E-state index in [9.17, 15) is 9.36 Å². The second kappa shape index (κ2) is 5.80. The molecule has 0 fully saturated rings. The highest BCUT2D eigenvalue weighted by Gasteiger charge is 2.06. The van der Waals surface area contributed by atoms with Crippen molar-refractivity contribution in [3.63, 3.8) is 0 Å². The molecule has 0 aliphatic rings. The minimum Gasteiger partial charge on any atom is -0.476 e. The zero-order chi connectivity index (χ0) is 9.52.